The fraction of sp³-hybridized carbons (Fsp3) is 0.406. The van der Waals surface area contributed by atoms with Crippen molar-refractivity contribution in [1.29, 1.82) is 0 Å². The summed E-state index contributed by atoms with van der Waals surface area (Å²) in [5.74, 6) is -0.225. The van der Waals surface area contributed by atoms with Crippen molar-refractivity contribution < 1.29 is 14.4 Å². The number of nitrogens with zero attached hydrogens (tertiary/aromatic N) is 5. The van der Waals surface area contributed by atoms with Crippen LogP contribution in [0.4, 0.5) is 10.5 Å². The Balaban J connectivity index is 1.46. The molecule has 2 aromatic carbocycles. The normalized spacial score (nSPS) is 20.6. The van der Waals surface area contributed by atoms with Crippen molar-refractivity contribution in [3.05, 3.63) is 89.5 Å². The third kappa shape index (κ3) is 6.00. The molecule has 0 radical (unpaired) electrons. The number of para-hydroxylation sites is 1. The first-order valence-electron chi connectivity index (χ1n) is 14.5. The second kappa shape index (κ2) is 12.6. The molecule has 3 aliphatic rings. The number of piperazine rings is 1. The molecular weight excluding hydrogens is 516 g/mol. The predicted octanol–water partition coefficient (Wildman–Crippen LogP) is 3.75. The summed E-state index contributed by atoms with van der Waals surface area (Å²) in [7, 11) is 3.99. The number of nitrogens with one attached hydrogen (secondary N) is 1. The first kappa shape index (κ1) is 28.4. The Bertz CT molecular complexity index is 1320. The number of allylic oxidation sites excluding steroid dienone is 2. The highest BCUT2D eigenvalue weighted by Gasteiger charge is 2.53. The van der Waals surface area contributed by atoms with Crippen LogP contribution in [0.3, 0.4) is 0 Å². The Morgan fingerprint density at radius 3 is 2.49 bits per heavy atom. The number of fused-ring (bicyclic) bond motifs is 1. The van der Waals surface area contributed by atoms with Gasteiger partial charge in [0.05, 0.1) is 13.1 Å². The van der Waals surface area contributed by atoms with Crippen LogP contribution >= 0.6 is 0 Å². The van der Waals surface area contributed by atoms with E-state index in [4.69, 9.17) is 0 Å². The van der Waals surface area contributed by atoms with Gasteiger partial charge in [-0.25, -0.2) is 4.79 Å². The molecular formula is C32H40N6O3. The van der Waals surface area contributed by atoms with Gasteiger partial charge in [0.1, 0.15) is 12.2 Å². The molecule has 41 heavy (non-hydrogen) atoms. The Morgan fingerprint density at radius 2 is 1.78 bits per heavy atom. The van der Waals surface area contributed by atoms with E-state index < -0.39 is 12.2 Å². The van der Waals surface area contributed by atoms with Crippen LogP contribution in [0.1, 0.15) is 37.3 Å². The maximum atomic E-state index is 14.1. The molecule has 216 valence electrons. The molecule has 2 heterocycles. The fourth-order valence-corrected chi connectivity index (χ4v) is 5.95. The number of carbonyl (C=O) groups is 3. The average Bonchev–Trinajstić information content (AvgIpc) is 3.31. The number of anilines is 1. The van der Waals surface area contributed by atoms with Gasteiger partial charge in [0.15, 0.2) is 0 Å². The number of hydrogen-bond acceptors (Lipinski definition) is 5. The third-order valence-corrected chi connectivity index (χ3v) is 7.90. The van der Waals surface area contributed by atoms with E-state index in [-0.39, 0.29) is 24.4 Å². The Morgan fingerprint density at radius 1 is 1.02 bits per heavy atom. The Hall–Kier alpha value is -4.11. The fourth-order valence-electron chi connectivity index (χ4n) is 5.95. The van der Waals surface area contributed by atoms with Gasteiger partial charge in [0.25, 0.3) is 0 Å². The van der Waals surface area contributed by atoms with Crippen molar-refractivity contribution in [2.75, 3.05) is 38.6 Å². The summed E-state index contributed by atoms with van der Waals surface area (Å²) in [6.45, 7) is 3.65. The summed E-state index contributed by atoms with van der Waals surface area (Å²) in [5.41, 5.74) is 3.93. The number of amides is 4. The maximum Gasteiger partial charge on any atom is 0.332 e. The molecule has 1 N–H and O–H groups in total. The van der Waals surface area contributed by atoms with E-state index in [1.54, 1.807) is 9.91 Å². The molecule has 2 saturated heterocycles. The summed E-state index contributed by atoms with van der Waals surface area (Å²) in [5, 5.41) is 6.56. The van der Waals surface area contributed by atoms with Gasteiger partial charge in [-0.3, -0.25) is 14.6 Å². The summed E-state index contributed by atoms with van der Waals surface area (Å²) < 4.78 is 0. The van der Waals surface area contributed by atoms with E-state index in [2.05, 4.69) is 17.5 Å². The molecule has 0 saturated carbocycles. The summed E-state index contributed by atoms with van der Waals surface area (Å²) >= 11 is 0. The molecule has 5 rings (SSSR count). The SMILES string of the molecule is CCCN(C(=O)NCc1ccccc1)N1CC(=O)N2[C@@H](C3=CCCC=C3)C(=O)N(Cc3ccccc3N(C)C)C[C@@H]21. The van der Waals surface area contributed by atoms with Crippen molar-refractivity contribution >= 4 is 23.5 Å². The molecule has 1 aliphatic carbocycles. The standard InChI is InChI=1S/C32H40N6O3/c1-4-19-36(32(41)33-20-24-13-7-5-8-14-24)37-23-29(39)38-28(37)22-35(21-26-17-11-12-18-27(26)34(2)3)31(40)30(38)25-15-9-6-10-16-25/h5,7-9,11-18,28,30H,4,6,10,19-23H2,1-3H3,(H,33,41)/t28-,30+/m1/s1. The summed E-state index contributed by atoms with van der Waals surface area (Å²) in [4.78, 5) is 46.9. The molecule has 2 aliphatic heterocycles. The molecule has 9 heteroatoms. The number of benzene rings is 2. The van der Waals surface area contributed by atoms with Crippen LogP contribution in [0.25, 0.3) is 0 Å². The Kier molecular flexibility index (Phi) is 8.73. The van der Waals surface area contributed by atoms with Crippen LogP contribution in [-0.4, -0.2) is 83.6 Å². The molecule has 0 unspecified atom stereocenters. The molecule has 0 spiro atoms. The zero-order valence-electron chi connectivity index (χ0n) is 24.2. The number of hydrogen-bond donors (Lipinski definition) is 1. The van der Waals surface area contributed by atoms with E-state index in [9.17, 15) is 14.4 Å². The van der Waals surface area contributed by atoms with Crippen LogP contribution in [0.5, 0.6) is 0 Å². The van der Waals surface area contributed by atoms with Crippen LogP contribution in [-0.2, 0) is 22.7 Å². The van der Waals surface area contributed by atoms with Crippen molar-refractivity contribution in [2.24, 2.45) is 0 Å². The van der Waals surface area contributed by atoms with Crippen molar-refractivity contribution in [2.45, 2.75) is 51.5 Å². The monoisotopic (exact) mass is 556 g/mol. The van der Waals surface area contributed by atoms with Gasteiger partial charge < -0.3 is 20.0 Å². The molecule has 0 aromatic heterocycles. The van der Waals surface area contributed by atoms with Crippen LogP contribution in [0, 0.1) is 0 Å². The molecule has 9 nitrogen and oxygen atoms in total. The van der Waals surface area contributed by atoms with Gasteiger partial charge in [-0.1, -0.05) is 73.7 Å². The largest absolute Gasteiger partial charge is 0.377 e. The first-order valence-corrected chi connectivity index (χ1v) is 14.5. The average molecular weight is 557 g/mol. The van der Waals surface area contributed by atoms with Gasteiger partial charge >= 0.3 is 6.03 Å². The van der Waals surface area contributed by atoms with Crippen LogP contribution < -0.4 is 10.2 Å². The molecule has 2 fully saturated rings. The lowest BCUT2D eigenvalue weighted by molar-refractivity contribution is -0.155. The maximum absolute atomic E-state index is 14.1. The van der Waals surface area contributed by atoms with Gasteiger partial charge in [-0.15, -0.1) is 0 Å². The highest BCUT2D eigenvalue weighted by atomic mass is 16.2. The lowest BCUT2D eigenvalue weighted by Gasteiger charge is -2.47. The quantitative estimate of drug-likeness (QED) is 0.509. The third-order valence-electron chi connectivity index (χ3n) is 7.90. The van der Waals surface area contributed by atoms with Crippen molar-refractivity contribution in [1.82, 2.24) is 25.1 Å². The van der Waals surface area contributed by atoms with Gasteiger partial charge in [0.2, 0.25) is 11.8 Å². The van der Waals surface area contributed by atoms with E-state index >= 15 is 0 Å². The minimum absolute atomic E-state index is 0.0479. The van der Waals surface area contributed by atoms with E-state index in [1.165, 1.54) is 0 Å². The first-order chi connectivity index (χ1) is 19.9. The zero-order valence-corrected chi connectivity index (χ0v) is 24.2. The van der Waals surface area contributed by atoms with Gasteiger partial charge in [-0.2, -0.15) is 5.01 Å². The van der Waals surface area contributed by atoms with Gasteiger partial charge in [-0.05, 0) is 42.0 Å². The lowest BCUT2D eigenvalue weighted by atomic mass is 9.95. The molecule has 2 atom stereocenters. The van der Waals surface area contributed by atoms with Crippen LogP contribution in [0.2, 0.25) is 0 Å². The van der Waals surface area contributed by atoms with Crippen LogP contribution in [0.15, 0.2) is 78.4 Å². The van der Waals surface area contributed by atoms with E-state index in [0.717, 1.165) is 41.6 Å². The smallest absolute Gasteiger partial charge is 0.332 e. The number of hydrazine groups is 1. The summed E-state index contributed by atoms with van der Waals surface area (Å²) in [6, 6.07) is 16.9. The number of rotatable bonds is 9. The van der Waals surface area contributed by atoms with Gasteiger partial charge in [0, 0.05) is 39.4 Å². The summed E-state index contributed by atoms with van der Waals surface area (Å²) in [6.07, 6.45) is 8.14. The second-order valence-electron chi connectivity index (χ2n) is 11.0. The minimum atomic E-state index is -0.717. The lowest BCUT2D eigenvalue weighted by Crippen LogP contribution is -2.65. The number of carbonyl (C=O) groups excluding carboxylic acids is 3. The van der Waals surface area contributed by atoms with E-state index in [0.29, 0.717) is 26.2 Å². The second-order valence-corrected chi connectivity index (χ2v) is 11.0. The highest BCUT2D eigenvalue weighted by Crippen LogP contribution is 2.34. The topological polar surface area (TPSA) is 79.4 Å². The van der Waals surface area contributed by atoms with Crippen molar-refractivity contribution in [3.63, 3.8) is 0 Å². The molecule has 4 amide bonds. The predicted molar refractivity (Wildman–Crippen MR) is 159 cm³/mol. The minimum Gasteiger partial charge on any atom is -0.377 e. The molecule has 2 aromatic rings. The zero-order chi connectivity index (χ0) is 28.9. The highest BCUT2D eigenvalue weighted by molar-refractivity contribution is 5.94. The molecule has 0 bridgehead atoms. The Labute approximate surface area is 242 Å². The number of urea groups is 1. The van der Waals surface area contributed by atoms with Crippen molar-refractivity contribution in [3.8, 4) is 0 Å². The van der Waals surface area contributed by atoms with E-state index in [1.807, 2.05) is 96.5 Å².